The molecule has 2 aromatic carbocycles. The Hall–Kier alpha value is -3.68. The van der Waals surface area contributed by atoms with Crippen molar-refractivity contribution in [2.75, 3.05) is 6.79 Å². The summed E-state index contributed by atoms with van der Waals surface area (Å²) in [6.07, 6.45) is -0.199. The van der Waals surface area contributed by atoms with Crippen molar-refractivity contribution in [1.82, 2.24) is 5.32 Å². The second-order valence-electron chi connectivity index (χ2n) is 6.47. The number of hydrogen-bond acceptors (Lipinski definition) is 7. The van der Waals surface area contributed by atoms with Gasteiger partial charge in [-0.05, 0) is 30.2 Å². The van der Waals surface area contributed by atoms with Gasteiger partial charge in [0, 0.05) is 18.7 Å². The molecule has 1 aliphatic rings. The van der Waals surface area contributed by atoms with Crippen LogP contribution >= 0.6 is 0 Å². The third-order valence-electron chi connectivity index (χ3n) is 4.61. The average Bonchev–Trinajstić information content (AvgIpc) is 3.10. The molecule has 0 atom stereocenters. The molecular formula is C20H17NO7. The number of amides is 1. The van der Waals surface area contributed by atoms with Gasteiger partial charge in [-0.25, -0.2) is 4.79 Å². The van der Waals surface area contributed by atoms with Crippen molar-refractivity contribution in [2.45, 2.75) is 19.9 Å². The molecule has 28 heavy (non-hydrogen) atoms. The molecule has 0 fully saturated rings. The van der Waals surface area contributed by atoms with Crippen LogP contribution in [0.25, 0.3) is 11.0 Å². The van der Waals surface area contributed by atoms with Gasteiger partial charge in [-0.2, -0.15) is 0 Å². The van der Waals surface area contributed by atoms with Crippen LogP contribution in [0.4, 0.5) is 0 Å². The molecule has 144 valence electrons. The number of aromatic hydroxyl groups is 2. The number of aryl methyl sites for hydroxylation is 1. The first kappa shape index (κ1) is 17.7. The van der Waals surface area contributed by atoms with Gasteiger partial charge in [-0.3, -0.25) is 4.79 Å². The van der Waals surface area contributed by atoms with Crippen LogP contribution in [0, 0.1) is 6.92 Å². The van der Waals surface area contributed by atoms with E-state index in [0.29, 0.717) is 17.1 Å². The van der Waals surface area contributed by atoms with Crippen molar-refractivity contribution in [3.8, 4) is 23.0 Å². The maximum atomic E-state index is 12.3. The molecule has 0 spiro atoms. The Bertz CT molecular complexity index is 1150. The molecule has 1 aromatic heterocycles. The normalized spacial score (nSPS) is 12.3. The fraction of sp³-hybridized carbons (Fsp3) is 0.200. The first-order chi connectivity index (χ1) is 13.4. The van der Waals surface area contributed by atoms with Crippen LogP contribution in [0.3, 0.4) is 0 Å². The molecule has 3 aromatic rings. The number of fused-ring (bicyclic) bond motifs is 2. The number of phenols is 2. The van der Waals surface area contributed by atoms with Gasteiger partial charge in [0.1, 0.15) is 17.1 Å². The highest BCUT2D eigenvalue weighted by Crippen LogP contribution is 2.33. The first-order valence-electron chi connectivity index (χ1n) is 8.56. The maximum Gasteiger partial charge on any atom is 0.340 e. The SMILES string of the molecule is Cc1c(CC(=O)NCc2ccc3c(c2)OCO3)c(=O)oc2cc(O)cc(O)c12. The molecule has 4 rings (SSSR count). The topological polar surface area (TPSA) is 118 Å². The summed E-state index contributed by atoms with van der Waals surface area (Å²) in [5.41, 5.74) is 0.782. The lowest BCUT2D eigenvalue weighted by Crippen LogP contribution is -2.27. The summed E-state index contributed by atoms with van der Waals surface area (Å²) >= 11 is 0. The summed E-state index contributed by atoms with van der Waals surface area (Å²) < 4.78 is 15.7. The van der Waals surface area contributed by atoms with Crippen molar-refractivity contribution in [3.05, 3.63) is 57.4 Å². The van der Waals surface area contributed by atoms with Gasteiger partial charge < -0.3 is 29.4 Å². The highest BCUT2D eigenvalue weighted by Gasteiger charge is 2.18. The van der Waals surface area contributed by atoms with Crippen LogP contribution < -0.4 is 20.4 Å². The molecule has 8 heteroatoms. The van der Waals surface area contributed by atoms with Gasteiger partial charge in [-0.15, -0.1) is 0 Å². The monoisotopic (exact) mass is 383 g/mol. The summed E-state index contributed by atoms with van der Waals surface area (Å²) in [6.45, 7) is 2.05. The lowest BCUT2D eigenvalue weighted by molar-refractivity contribution is -0.120. The summed E-state index contributed by atoms with van der Waals surface area (Å²) in [6, 6.07) is 7.76. The number of nitrogens with one attached hydrogen (secondary N) is 1. The third-order valence-corrected chi connectivity index (χ3v) is 4.61. The van der Waals surface area contributed by atoms with Gasteiger partial charge in [-0.1, -0.05) is 6.07 Å². The van der Waals surface area contributed by atoms with Crippen LogP contribution in [0.5, 0.6) is 23.0 Å². The molecule has 0 saturated carbocycles. The summed E-state index contributed by atoms with van der Waals surface area (Å²) in [5, 5.41) is 22.6. The minimum atomic E-state index is -0.687. The minimum absolute atomic E-state index is 0.0597. The smallest absolute Gasteiger partial charge is 0.340 e. The Morgan fingerprint density at radius 2 is 1.93 bits per heavy atom. The Morgan fingerprint density at radius 1 is 1.14 bits per heavy atom. The second-order valence-corrected chi connectivity index (χ2v) is 6.47. The molecule has 0 saturated heterocycles. The molecule has 2 heterocycles. The zero-order chi connectivity index (χ0) is 19.8. The van der Waals surface area contributed by atoms with E-state index in [9.17, 15) is 19.8 Å². The lowest BCUT2D eigenvalue weighted by atomic mass is 10.0. The van der Waals surface area contributed by atoms with E-state index in [4.69, 9.17) is 13.9 Å². The Morgan fingerprint density at radius 3 is 2.75 bits per heavy atom. The molecule has 1 amide bonds. The number of carbonyl (C=O) groups excluding carboxylic acids is 1. The number of carbonyl (C=O) groups is 1. The fourth-order valence-corrected chi connectivity index (χ4v) is 3.19. The number of phenolic OH excluding ortho intramolecular Hbond substituents is 2. The van der Waals surface area contributed by atoms with Gasteiger partial charge in [0.25, 0.3) is 0 Å². The van der Waals surface area contributed by atoms with Gasteiger partial charge in [0.15, 0.2) is 11.5 Å². The van der Waals surface area contributed by atoms with E-state index in [1.54, 1.807) is 19.1 Å². The van der Waals surface area contributed by atoms with Gasteiger partial charge >= 0.3 is 5.63 Å². The van der Waals surface area contributed by atoms with E-state index >= 15 is 0 Å². The maximum absolute atomic E-state index is 12.3. The number of rotatable bonds is 4. The van der Waals surface area contributed by atoms with Gasteiger partial charge in [0.2, 0.25) is 12.7 Å². The predicted molar refractivity (Wildman–Crippen MR) is 98.7 cm³/mol. The average molecular weight is 383 g/mol. The number of ether oxygens (including phenoxy) is 2. The van der Waals surface area contributed by atoms with Crippen LogP contribution in [0.1, 0.15) is 16.7 Å². The number of hydrogen-bond donors (Lipinski definition) is 3. The predicted octanol–water partition coefficient (Wildman–Crippen LogP) is 2.10. The van der Waals surface area contributed by atoms with E-state index in [2.05, 4.69) is 5.32 Å². The first-order valence-corrected chi connectivity index (χ1v) is 8.56. The summed E-state index contributed by atoms with van der Waals surface area (Å²) in [5.74, 6) is 0.465. The van der Waals surface area contributed by atoms with Crippen molar-refractivity contribution in [3.63, 3.8) is 0 Å². The summed E-state index contributed by atoms with van der Waals surface area (Å²) in [4.78, 5) is 24.6. The molecule has 8 nitrogen and oxygen atoms in total. The molecule has 0 bridgehead atoms. The second kappa shape index (κ2) is 6.80. The highest BCUT2D eigenvalue weighted by atomic mass is 16.7. The van der Waals surface area contributed by atoms with E-state index in [1.807, 2.05) is 6.07 Å². The summed E-state index contributed by atoms with van der Waals surface area (Å²) in [7, 11) is 0. The van der Waals surface area contributed by atoms with Crippen LogP contribution in [-0.2, 0) is 17.8 Å². The molecular weight excluding hydrogens is 366 g/mol. The zero-order valence-corrected chi connectivity index (χ0v) is 14.9. The standard InChI is InChI=1S/C20H17NO7/c1-10-13(20(25)28-17-6-12(22)5-14(23)19(10)17)7-18(24)21-8-11-2-3-15-16(4-11)27-9-26-15/h2-6,22-23H,7-9H2,1H3,(H,21,24). The number of benzene rings is 2. The Balaban J connectivity index is 1.53. The largest absolute Gasteiger partial charge is 0.508 e. The molecule has 3 N–H and O–H groups in total. The lowest BCUT2D eigenvalue weighted by Gasteiger charge is -2.10. The van der Waals surface area contributed by atoms with Gasteiger partial charge in [0.05, 0.1) is 17.4 Å². The zero-order valence-electron chi connectivity index (χ0n) is 14.9. The molecule has 0 aliphatic carbocycles. The van der Waals surface area contributed by atoms with E-state index in [1.165, 1.54) is 6.07 Å². The van der Waals surface area contributed by atoms with E-state index < -0.39 is 5.63 Å². The minimum Gasteiger partial charge on any atom is -0.508 e. The van der Waals surface area contributed by atoms with E-state index in [0.717, 1.165) is 11.6 Å². The van der Waals surface area contributed by atoms with Crippen LogP contribution in [0.15, 0.2) is 39.5 Å². The molecule has 0 radical (unpaired) electrons. The third kappa shape index (κ3) is 3.20. The molecule has 0 unspecified atom stereocenters. The molecule has 1 aliphatic heterocycles. The quantitative estimate of drug-likeness (QED) is 0.591. The highest BCUT2D eigenvalue weighted by molar-refractivity contribution is 5.90. The van der Waals surface area contributed by atoms with Crippen molar-refractivity contribution >= 4 is 16.9 Å². The fourth-order valence-electron chi connectivity index (χ4n) is 3.19. The van der Waals surface area contributed by atoms with Crippen molar-refractivity contribution in [2.24, 2.45) is 0 Å². The van der Waals surface area contributed by atoms with Crippen LogP contribution in [0.2, 0.25) is 0 Å². The van der Waals surface area contributed by atoms with Crippen molar-refractivity contribution < 1.29 is 28.9 Å². The van der Waals surface area contributed by atoms with E-state index in [-0.39, 0.29) is 53.7 Å². The van der Waals surface area contributed by atoms with Crippen LogP contribution in [-0.4, -0.2) is 22.9 Å². The Labute approximate surface area is 158 Å². The van der Waals surface area contributed by atoms with Crippen molar-refractivity contribution in [1.29, 1.82) is 0 Å². The Kier molecular flexibility index (Phi) is 4.31.